The Kier molecular flexibility index (Phi) is 3.85. The lowest BCUT2D eigenvalue weighted by Crippen LogP contribution is -2.26. The first-order chi connectivity index (χ1) is 8.50. The van der Waals surface area contributed by atoms with Gasteiger partial charge in [0.1, 0.15) is 0 Å². The zero-order valence-electron chi connectivity index (χ0n) is 10.3. The van der Waals surface area contributed by atoms with Gasteiger partial charge in [0, 0.05) is 4.88 Å². The molecule has 2 aromatic rings. The maximum Gasteiger partial charge on any atom is 0.241 e. The summed E-state index contributed by atoms with van der Waals surface area (Å²) < 4.78 is 27.2. The van der Waals surface area contributed by atoms with Crippen molar-refractivity contribution < 1.29 is 8.42 Å². The molecule has 0 bridgehead atoms. The van der Waals surface area contributed by atoms with Crippen LogP contribution in [0.1, 0.15) is 23.4 Å². The number of aryl methyl sites for hydroxylation is 1. The van der Waals surface area contributed by atoms with Gasteiger partial charge in [0.25, 0.3) is 0 Å². The highest BCUT2D eigenvalue weighted by Crippen LogP contribution is 2.22. The van der Waals surface area contributed by atoms with Crippen LogP contribution >= 0.6 is 11.3 Å². The van der Waals surface area contributed by atoms with Crippen molar-refractivity contribution >= 4 is 21.4 Å². The van der Waals surface area contributed by atoms with Gasteiger partial charge in [-0.05, 0) is 36.9 Å². The summed E-state index contributed by atoms with van der Waals surface area (Å²) >= 11 is 1.54. The Morgan fingerprint density at radius 2 is 1.89 bits per heavy atom. The summed E-state index contributed by atoms with van der Waals surface area (Å²) in [6.45, 7) is 3.64. The van der Waals surface area contributed by atoms with Crippen molar-refractivity contribution in [2.24, 2.45) is 0 Å². The van der Waals surface area contributed by atoms with Crippen LogP contribution in [0.15, 0.2) is 46.7 Å². The molecule has 0 aliphatic carbocycles. The van der Waals surface area contributed by atoms with Gasteiger partial charge in [0.15, 0.2) is 0 Å². The van der Waals surface area contributed by atoms with E-state index in [9.17, 15) is 8.42 Å². The first-order valence-electron chi connectivity index (χ1n) is 5.62. The van der Waals surface area contributed by atoms with Gasteiger partial charge in [-0.1, -0.05) is 24.3 Å². The predicted octanol–water partition coefficient (Wildman–Crippen LogP) is 3.10. The van der Waals surface area contributed by atoms with Crippen LogP contribution in [-0.2, 0) is 10.0 Å². The van der Waals surface area contributed by atoms with E-state index in [1.807, 2.05) is 30.5 Å². The lowest BCUT2D eigenvalue weighted by molar-refractivity contribution is 0.568. The van der Waals surface area contributed by atoms with E-state index < -0.39 is 10.0 Å². The first kappa shape index (κ1) is 13.3. The van der Waals surface area contributed by atoms with Gasteiger partial charge in [0.05, 0.1) is 10.9 Å². The van der Waals surface area contributed by atoms with Crippen LogP contribution in [0.5, 0.6) is 0 Å². The summed E-state index contributed by atoms with van der Waals surface area (Å²) in [5.74, 6) is 0. The van der Waals surface area contributed by atoms with Crippen LogP contribution in [0.4, 0.5) is 0 Å². The molecule has 3 nitrogen and oxygen atoms in total. The lowest BCUT2D eigenvalue weighted by Gasteiger charge is -2.14. The zero-order valence-corrected chi connectivity index (χ0v) is 11.9. The summed E-state index contributed by atoms with van der Waals surface area (Å²) in [5, 5.41) is 1.94. The second kappa shape index (κ2) is 5.22. The standard InChI is InChI=1S/C13H15NO2S2/c1-10-6-3-4-8-13(10)18(15,16)14-11(2)12-7-5-9-17-12/h3-9,11,14H,1-2H3/t11-/m0/s1. The minimum absolute atomic E-state index is 0.213. The molecule has 0 amide bonds. The summed E-state index contributed by atoms with van der Waals surface area (Å²) in [6.07, 6.45) is 0. The predicted molar refractivity (Wildman–Crippen MR) is 74.2 cm³/mol. The van der Waals surface area contributed by atoms with Gasteiger partial charge in [-0.25, -0.2) is 13.1 Å². The summed E-state index contributed by atoms with van der Waals surface area (Å²) in [5.41, 5.74) is 0.753. The third-order valence-corrected chi connectivity index (χ3v) is 5.44. The smallest absolute Gasteiger partial charge is 0.207 e. The van der Waals surface area contributed by atoms with Gasteiger partial charge >= 0.3 is 0 Å². The number of rotatable bonds is 4. The van der Waals surface area contributed by atoms with Crippen LogP contribution in [0, 0.1) is 6.92 Å². The van der Waals surface area contributed by atoms with Crippen LogP contribution in [0.2, 0.25) is 0 Å². The van der Waals surface area contributed by atoms with E-state index >= 15 is 0 Å². The fraction of sp³-hybridized carbons (Fsp3) is 0.231. The molecule has 0 aliphatic heterocycles. The molecule has 0 unspecified atom stereocenters. The van der Waals surface area contributed by atoms with Crippen LogP contribution in [0.25, 0.3) is 0 Å². The summed E-state index contributed by atoms with van der Waals surface area (Å²) in [6, 6.07) is 10.6. The third kappa shape index (κ3) is 2.80. The summed E-state index contributed by atoms with van der Waals surface area (Å²) in [7, 11) is -3.46. The second-order valence-electron chi connectivity index (χ2n) is 4.12. The molecule has 1 atom stereocenters. The van der Waals surface area contributed by atoms with Gasteiger partial charge in [-0.15, -0.1) is 11.3 Å². The normalized spacial score (nSPS) is 13.4. The average molecular weight is 281 g/mol. The average Bonchev–Trinajstić information content (AvgIpc) is 2.82. The van der Waals surface area contributed by atoms with E-state index in [1.165, 1.54) is 0 Å². The number of hydrogen-bond acceptors (Lipinski definition) is 3. The van der Waals surface area contributed by atoms with Crippen molar-refractivity contribution in [3.8, 4) is 0 Å². The van der Waals surface area contributed by atoms with E-state index in [0.29, 0.717) is 4.90 Å². The molecule has 18 heavy (non-hydrogen) atoms. The Bertz CT molecular complexity index is 618. The maximum absolute atomic E-state index is 12.3. The lowest BCUT2D eigenvalue weighted by atomic mass is 10.2. The highest BCUT2D eigenvalue weighted by Gasteiger charge is 2.20. The number of thiophene rings is 1. The SMILES string of the molecule is Cc1ccccc1S(=O)(=O)N[C@@H](C)c1cccs1. The molecule has 2 rings (SSSR count). The fourth-order valence-electron chi connectivity index (χ4n) is 1.75. The molecule has 0 spiro atoms. The molecule has 0 saturated carbocycles. The number of nitrogens with one attached hydrogen (secondary N) is 1. The number of sulfonamides is 1. The Labute approximate surface area is 112 Å². The van der Waals surface area contributed by atoms with Crippen LogP contribution < -0.4 is 4.72 Å². The highest BCUT2D eigenvalue weighted by molar-refractivity contribution is 7.89. The molecule has 1 aromatic carbocycles. The molecule has 1 heterocycles. The molecular weight excluding hydrogens is 266 g/mol. The molecule has 0 fully saturated rings. The van der Waals surface area contributed by atoms with Crippen molar-refractivity contribution in [3.05, 3.63) is 52.2 Å². The molecule has 0 aliphatic rings. The molecule has 1 N–H and O–H groups in total. The fourth-order valence-corrected chi connectivity index (χ4v) is 4.03. The van der Waals surface area contributed by atoms with Gasteiger partial charge in [-0.2, -0.15) is 0 Å². The first-order valence-corrected chi connectivity index (χ1v) is 7.98. The quantitative estimate of drug-likeness (QED) is 0.936. The Hall–Kier alpha value is -1.17. The molecule has 0 radical (unpaired) electrons. The highest BCUT2D eigenvalue weighted by atomic mass is 32.2. The van der Waals surface area contributed by atoms with Gasteiger partial charge in [0.2, 0.25) is 10.0 Å². The number of benzene rings is 1. The van der Waals surface area contributed by atoms with E-state index in [2.05, 4.69) is 4.72 Å². The van der Waals surface area contributed by atoms with Crippen molar-refractivity contribution in [1.82, 2.24) is 4.72 Å². The molecule has 96 valence electrons. The van der Waals surface area contributed by atoms with E-state index in [4.69, 9.17) is 0 Å². The van der Waals surface area contributed by atoms with Gasteiger partial charge in [-0.3, -0.25) is 0 Å². The molecule has 0 saturated heterocycles. The van der Waals surface area contributed by atoms with Crippen molar-refractivity contribution in [3.63, 3.8) is 0 Å². The zero-order chi connectivity index (χ0) is 13.2. The minimum atomic E-state index is -3.46. The maximum atomic E-state index is 12.3. The van der Waals surface area contributed by atoms with Crippen LogP contribution in [0.3, 0.4) is 0 Å². The van der Waals surface area contributed by atoms with E-state index in [-0.39, 0.29) is 6.04 Å². The van der Waals surface area contributed by atoms with E-state index in [1.54, 1.807) is 36.5 Å². The molecule has 1 aromatic heterocycles. The molecule has 5 heteroatoms. The Balaban J connectivity index is 2.26. The number of hydrogen-bond donors (Lipinski definition) is 1. The Morgan fingerprint density at radius 3 is 2.50 bits per heavy atom. The summed E-state index contributed by atoms with van der Waals surface area (Å²) in [4.78, 5) is 1.35. The van der Waals surface area contributed by atoms with E-state index in [0.717, 1.165) is 10.4 Å². The van der Waals surface area contributed by atoms with Crippen molar-refractivity contribution in [2.45, 2.75) is 24.8 Å². The monoisotopic (exact) mass is 281 g/mol. The Morgan fingerprint density at radius 1 is 1.17 bits per heavy atom. The molecular formula is C13H15NO2S2. The second-order valence-corrected chi connectivity index (χ2v) is 6.79. The van der Waals surface area contributed by atoms with Crippen LogP contribution in [-0.4, -0.2) is 8.42 Å². The van der Waals surface area contributed by atoms with Gasteiger partial charge < -0.3 is 0 Å². The minimum Gasteiger partial charge on any atom is -0.207 e. The largest absolute Gasteiger partial charge is 0.241 e. The topological polar surface area (TPSA) is 46.2 Å². The van der Waals surface area contributed by atoms with Crippen molar-refractivity contribution in [1.29, 1.82) is 0 Å². The van der Waals surface area contributed by atoms with Crippen molar-refractivity contribution in [2.75, 3.05) is 0 Å². The third-order valence-electron chi connectivity index (χ3n) is 2.68.